The predicted molar refractivity (Wildman–Crippen MR) is 89.6 cm³/mol. The van der Waals surface area contributed by atoms with Gasteiger partial charge in [0.1, 0.15) is 11.5 Å². The van der Waals surface area contributed by atoms with Gasteiger partial charge in [-0.3, -0.25) is 0 Å². The number of hydrogen-bond donors (Lipinski definition) is 1. The van der Waals surface area contributed by atoms with Gasteiger partial charge in [0, 0.05) is 6.07 Å². The molecule has 0 bridgehead atoms. The van der Waals surface area contributed by atoms with Crippen molar-refractivity contribution >= 4 is 8.32 Å². The van der Waals surface area contributed by atoms with E-state index in [4.69, 9.17) is 19.6 Å². The number of benzene rings is 1. The summed E-state index contributed by atoms with van der Waals surface area (Å²) in [6.07, 6.45) is 0. The first kappa shape index (κ1) is 18.0. The topological polar surface area (TPSA) is 53.7 Å². The second kappa shape index (κ2) is 6.81. The summed E-state index contributed by atoms with van der Waals surface area (Å²) in [6.45, 7) is 11.6. The van der Waals surface area contributed by atoms with Gasteiger partial charge in [0.05, 0.1) is 26.9 Å². The lowest BCUT2D eigenvalue weighted by atomic mass is 10.1. The first-order valence-electron chi connectivity index (χ1n) is 7.23. The minimum Gasteiger partial charge on any atom is -0.497 e. The van der Waals surface area contributed by atoms with Crippen LogP contribution < -0.4 is 15.2 Å². The van der Waals surface area contributed by atoms with Gasteiger partial charge in [-0.05, 0) is 35.8 Å². The van der Waals surface area contributed by atoms with Gasteiger partial charge < -0.3 is 19.6 Å². The minimum atomic E-state index is -1.79. The summed E-state index contributed by atoms with van der Waals surface area (Å²) in [6, 6.07) is 5.51. The van der Waals surface area contributed by atoms with Crippen molar-refractivity contribution in [3.05, 3.63) is 23.8 Å². The molecule has 0 heterocycles. The molecule has 0 fully saturated rings. The summed E-state index contributed by atoms with van der Waals surface area (Å²) >= 11 is 0. The van der Waals surface area contributed by atoms with Crippen molar-refractivity contribution in [2.45, 2.75) is 44.9 Å². The van der Waals surface area contributed by atoms with Crippen molar-refractivity contribution in [3.63, 3.8) is 0 Å². The lowest BCUT2D eigenvalue weighted by Crippen LogP contribution is -2.42. The highest BCUT2D eigenvalue weighted by Crippen LogP contribution is 2.37. The van der Waals surface area contributed by atoms with Crippen molar-refractivity contribution in [1.29, 1.82) is 0 Å². The molecule has 0 aliphatic rings. The fraction of sp³-hybridized carbons (Fsp3) is 0.625. The van der Waals surface area contributed by atoms with Gasteiger partial charge in [-0.15, -0.1) is 0 Å². The van der Waals surface area contributed by atoms with E-state index in [1.165, 1.54) is 0 Å². The third kappa shape index (κ3) is 4.73. The molecule has 1 aromatic rings. The smallest absolute Gasteiger partial charge is 0.192 e. The van der Waals surface area contributed by atoms with Gasteiger partial charge in [0.15, 0.2) is 8.32 Å². The zero-order valence-corrected chi connectivity index (χ0v) is 15.3. The van der Waals surface area contributed by atoms with Gasteiger partial charge in [0.2, 0.25) is 0 Å². The van der Waals surface area contributed by atoms with Crippen LogP contribution in [-0.2, 0) is 4.43 Å². The van der Waals surface area contributed by atoms with Crippen LogP contribution in [0.4, 0.5) is 0 Å². The molecule has 0 aliphatic carbocycles. The van der Waals surface area contributed by atoms with E-state index in [0.717, 1.165) is 17.1 Å². The molecule has 0 saturated heterocycles. The second-order valence-corrected chi connectivity index (χ2v) is 11.6. The van der Waals surface area contributed by atoms with Crippen molar-refractivity contribution in [2.75, 3.05) is 20.8 Å². The van der Waals surface area contributed by atoms with E-state index in [1.54, 1.807) is 14.2 Å². The fourth-order valence-electron chi connectivity index (χ4n) is 1.65. The SMILES string of the molecule is COc1cc(OC)cc([C@H](N)CO[Si](C)(C)C(C)(C)C)c1. The summed E-state index contributed by atoms with van der Waals surface area (Å²) in [5, 5.41) is 0.179. The number of rotatable bonds is 6. The molecule has 1 atom stereocenters. The molecule has 0 radical (unpaired) electrons. The van der Waals surface area contributed by atoms with Crippen LogP contribution in [0.15, 0.2) is 18.2 Å². The minimum absolute atomic E-state index is 0.179. The summed E-state index contributed by atoms with van der Waals surface area (Å²) in [4.78, 5) is 0. The zero-order valence-electron chi connectivity index (χ0n) is 14.3. The Balaban J connectivity index is 2.83. The molecule has 0 spiro atoms. The summed E-state index contributed by atoms with van der Waals surface area (Å²) < 4.78 is 16.7. The van der Waals surface area contributed by atoms with Crippen LogP contribution in [0.5, 0.6) is 11.5 Å². The van der Waals surface area contributed by atoms with Gasteiger partial charge in [-0.25, -0.2) is 0 Å². The molecule has 1 aromatic carbocycles. The molecular formula is C16H29NO3Si. The number of methoxy groups -OCH3 is 2. The summed E-state index contributed by atoms with van der Waals surface area (Å²) in [7, 11) is 1.48. The lowest BCUT2D eigenvalue weighted by molar-refractivity contribution is 0.264. The van der Waals surface area contributed by atoms with Crippen LogP contribution in [0.1, 0.15) is 32.4 Å². The Bertz CT molecular complexity index is 447. The molecule has 120 valence electrons. The maximum absolute atomic E-state index is 6.28. The summed E-state index contributed by atoms with van der Waals surface area (Å²) in [5.74, 6) is 1.49. The molecule has 2 N–H and O–H groups in total. The lowest BCUT2D eigenvalue weighted by Gasteiger charge is -2.37. The van der Waals surface area contributed by atoms with Crippen LogP contribution in [0.3, 0.4) is 0 Å². The molecule has 1 rings (SSSR count). The summed E-state index contributed by atoms with van der Waals surface area (Å²) in [5.41, 5.74) is 7.24. The molecule has 0 saturated carbocycles. The molecular weight excluding hydrogens is 282 g/mol. The molecule has 0 unspecified atom stereocenters. The highest BCUT2D eigenvalue weighted by Gasteiger charge is 2.37. The van der Waals surface area contributed by atoms with Crippen LogP contribution in [0.2, 0.25) is 18.1 Å². The van der Waals surface area contributed by atoms with E-state index in [2.05, 4.69) is 33.9 Å². The maximum atomic E-state index is 6.28. The Morgan fingerprint density at radius 3 is 1.90 bits per heavy atom. The highest BCUT2D eigenvalue weighted by atomic mass is 28.4. The Kier molecular flexibility index (Phi) is 5.84. The largest absolute Gasteiger partial charge is 0.497 e. The van der Waals surface area contributed by atoms with Crippen LogP contribution in [0.25, 0.3) is 0 Å². The Morgan fingerprint density at radius 2 is 1.52 bits per heavy atom. The maximum Gasteiger partial charge on any atom is 0.192 e. The van der Waals surface area contributed by atoms with E-state index >= 15 is 0 Å². The monoisotopic (exact) mass is 311 g/mol. The Hall–Kier alpha value is -1.04. The number of hydrogen-bond acceptors (Lipinski definition) is 4. The Labute approximate surface area is 129 Å². The van der Waals surface area contributed by atoms with E-state index in [1.807, 2.05) is 18.2 Å². The van der Waals surface area contributed by atoms with Gasteiger partial charge in [-0.2, -0.15) is 0 Å². The average Bonchev–Trinajstić information content (AvgIpc) is 2.42. The molecule has 0 aliphatic heterocycles. The zero-order chi connectivity index (χ0) is 16.3. The molecule has 5 heteroatoms. The van der Waals surface area contributed by atoms with Crippen molar-refractivity contribution in [2.24, 2.45) is 5.73 Å². The molecule has 21 heavy (non-hydrogen) atoms. The average molecular weight is 311 g/mol. The molecule has 0 aromatic heterocycles. The van der Waals surface area contributed by atoms with Gasteiger partial charge in [-0.1, -0.05) is 20.8 Å². The van der Waals surface area contributed by atoms with Crippen LogP contribution in [-0.4, -0.2) is 29.1 Å². The van der Waals surface area contributed by atoms with E-state index in [9.17, 15) is 0 Å². The first-order chi connectivity index (χ1) is 9.60. The standard InChI is InChI=1S/C16H29NO3Si/c1-16(2,3)21(6,7)20-11-15(17)12-8-13(18-4)10-14(9-12)19-5/h8-10,15H,11,17H2,1-7H3/t15-/m1/s1. The van der Waals surface area contributed by atoms with E-state index < -0.39 is 8.32 Å². The molecule has 4 nitrogen and oxygen atoms in total. The first-order valence-corrected chi connectivity index (χ1v) is 10.1. The highest BCUT2D eigenvalue weighted by molar-refractivity contribution is 6.74. The van der Waals surface area contributed by atoms with E-state index in [-0.39, 0.29) is 11.1 Å². The fourth-order valence-corrected chi connectivity index (χ4v) is 2.68. The normalized spacial score (nSPS) is 13.9. The van der Waals surface area contributed by atoms with Crippen molar-refractivity contribution < 1.29 is 13.9 Å². The number of nitrogens with two attached hydrogens (primary N) is 1. The third-order valence-corrected chi connectivity index (χ3v) is 8.73. The predicted octanol–water partition coefficient (Wildman–Crippen LogP) is 3.73. The van der Waals surface area contributed by atoms with Crippen molar-refractivity contribution in [1.82, 2.24) is 0 Å². The second-order valence-electron chi connectivity index (χ2n) is 6.82. The number of ether oxygens (including phenoxy) is 2. The van der Waals surface area contributed by atoms with Gasteiger partial charge in [0.25, 0.3) is 0 Å². The molecule has 0 amide bonds. The van der Waals surface area contributed by atoms with Crippen molar-refractivity contribution in [3.8, 4) is 11.5 Å². The van der Waals surface area contributed by atoms with Crippen LogP contribution in [0, 0.1) is 0 Å². The van der Waals surface area contributed by atoms with E-state index in [0.29, 0.717) is 6.61 Å². The third-order valence-electron chi connectivity index (χ3n) is 4.23. The quantitative estimate of drug-likeness (QED) is 0.813. The Morgan fingerprint density at radius 1 is 1.05 bits per heavy atom. The van der Waals surface area contributed by atoms with Crippen LogP contribution >= 0.6 is 0 Å². The van der Waals surface area contributed by atoms with Gasteiger partial charge >= 0.3 is 0 Å².